The Bertz CT molecular complexity index is 971. The summed E-state index contributed by atoms with van der Waals surface area (Å²) in [7, 11) is -2.65. The Morgan fingerprint density at radius 2 is 1.72 bits per heavy atom. The Kier molecular flexibility index (Phi) is 7.78. The lowest BCUT2D eigenvalue weighted by Crippen LogP contribution is -2.35. The third-order valence-corrected chi connectivity index (χ3v) is 5.71. The predicted octanol–water partition coefficient (Wildman–Crippen LogP) is 3.09. The van der Waals surface area contributed by atoms with Crippen LogP contribution >= 0.6 is 11.6 Å². The summed E-state index contributed by atoms with van der Waals surface area (Å²) in [6.07, 6.45) is -1.59. The summed E-state index contributed by atoms with van der Waals surface area (Å²) in [4.78, 5) is 11.9. The molecule has 29 heavy (non-hydrogen) atoms. The molecule has 2 aromatic carbocycles. The molecule has 0 aliphatic rings. The van der Waals surface area contributed by atoms with Crippen LogP contribution in [0.15, 0.2) is 57.8 Å². The number of nitrogens with zero attached hydrogens (tertiary/aromatic N) is 1. The molecule has 2 aromatic rings. The monoisotopic (exact) mass is 439 g/mol. The maximum atomic E-state index is 12.9. The first-order chi connectivity index (χ1) is 13.7. The van der Waals surface area contributed by atoms with Crippen LogP contribution in [0.25, 0.3) is 0 Å². The van der Waals surface area contributed by atoms with Gasteiger partial charge in [0.15, 0.2) is 6.10 Å². The minimum absolute atomic E-state index is 0.0121. The van der Waals surface area contributed by atoms with Crippen LogP contribution in [-0.2, 0) is 19.6 Å². The highest BCUT2D eigenvalue weighted by molar-refractivity contribution is 7.90. The highest BCUT2D eigenvalue weighted by atomic mass is 35.5. The molecule has 0 saturated carbocycles. The van der Waals surface area contributed by atoms with E-state index >= 15 is 0 Å². The molecule has 0 bridgehead atoms. The van der Waals surface area contributed by atoms with Gasteiger partial charge in [0, 0.05) is 10.9 Å². The molecule has 0 radical (unpaired) electrons. The van der Waals surface area contributed by atoms with Gasteiger partial charge in [-0.05, 0) is 48.9 Å². The summed E-state index contributed by atoms with van der Waals surface area (Å²) in [5, 5.41) is 10.8. The molecule has 0 aliphatic heterocycles. The molecule has 0 spiro atoms. The molecular weight excluding hydrogens is 418 g/mol. The van der Waals surface area contributed by atoms with Gasteiger partial charge < -0.3 is 14.6 Å². The van der Waals surface area contributed by atoms with Gasteiger partial charge in [-0.1, -0.05) is 30.7 Å². The smallest absolute Gasteiger partial charge is 0.335 e. The Balaban J connectivity index is 2.53. The van der Waals surface area contributed by atoms with Crippen molar-refractivity contribution in [2.75, 3.05) is 13.7 Å². The lowest BCUT2D eigenvalue weighted by atomic mass is 9.93. The fraction of sp³-hybridized carbons (Fsp3) is 0.300. The van der Waals surface area contributed by atoms with Crippen molar-refractivity contribution in [2.45, 2.75) is 24.8 Å². The first-order valence-electron chi connectivity index (χ1n) is 8.79. The van der Waals surface area contributed by atoms with E-state index in [0.29, 0.717) is 16.3 Å². The van der Waals surface area contributed by atoms with Crippen molar-refractivity contribution >= 4 is 33.3 Å². The number of hydrogen-bond donors (Lipinski definition) is 1. The van der Waals surface area contributed by atoms with E-state index in [0.717, 1.165) is 0 Å². The standard InChI is InChI=1S/C20H22ClNO6S/c1-4-28-20(24)19(23)13(2)18(14-5-7-15(21)8-6-14)22-29(25,26)17-11-9-16(27-3)10-12-17/h5-13,19,23H,4H2,1-3H3/b22-18-/t13-,19-/m0/s1. The van der Waals surface area contributed by atoms with Gasteiger partial charge in [0.2, 0.25) is 0 Å². The van der Waals surface area contributed by atoms with Gasteiger partial charge in [-0.3, -0.25) is 0 Å². The third-order valence-electron chi connectivity index (χ3n) is 4.15. The average molecular weight is 440 g/mol. The largest absolute Gasteiger partial charge is 0.497 e. The van der Waals surface area contributed by atoms with Crippen LogP contribution in [0.1, 0.15) is 19.4 Å². The van der Waals surface area contributed by atoms with Crippen molar-refractivity contribution in [3.8, 4) is 5.75 Å². The quantitative estimate of drug-likeness (QED) is 0.501. The van der Waals surface area contributed by atoms with Crippen molar-refractivity contribution in [3.63, 3.8) is 0 Å². The van der Waals surface area contributed by atoms with E-state index in [1.165, 1.54) is 38.3 Å². The van der Waals surface area contributed by atoms with Gasteiger partial charge in [0.25, 0.3) is 10.0 Å². The number of esters is 1. The van der Waals surface area contributed by atoms with Crippen molar-refractivity contribution in [2.24, 2.45) is 10.3 Å². The molecule has 0 aromatic heterocycles. The molecule has 1 N–H and O–H groups in total. The molecule has 0 heterocycles. The van der Waals surface area contributed by atoms with Crippen molar-refractivity contribution in [1.82, 2.24) is 0 Å². The second-order valence-electron chi connectivity index (χ2n) is 6.12. The number of ether oxygens (including phenoxy) is 2. The maximum Gasteiger partial charge on any atom is 0.335 e. The van der Waals surface area contributed by atoms with Gasteiger partial charge in [-0.25, -0.2) is 4.79 Å². The molecule has 156 valence electrons. The number of rotatable bonds is 8. The van der Waals surface area contributed by atoms with E-state index in [1.54, 1.807) is 31.2 Å². The summed E-state index contributed by atoms with van der Waals surface area (Å²) >= 11 is 5.91. The van der Waals surface area contributed by atoms with E-state index in [1.807, 2.05) is 0 Å². The van der Waals surface area contributed by atoms with Crippen LogP contribution in [0, 0.1) is 5.92 Å². The van der Waals surface area contributed by atoms with Gasteiger partial charge in [0.05, 0.1) is 24.3 Å². The Morgan fingerprint density at radius 3 is 2.24 bits per heavy atom. The lowest BCUT2D eigenvalue weighted by molar-refractivity contribution is -0.154. The van der Waals surface area contributed by atoms with Crippen molar-refractivity contribution < 1.29 is 27.8 Å². The number of sulfonamides is 1. The minimum Gasteiger partial charge on any atom is -0.497 e. The van der Waals surface area contributed by atoms with Crippen LogP contribution in [0.3, 0.4) is 0 Å². The predicted molar refractivity (Wildman–Crippen MR) is 110 cm³/mol. The Labute approximate surface area is 175 Å². The highest BCUT2D eigenvalue weighted by Gasteiger charge is 2.30. The van der Waals surface area contributed by atoms with Gasteiger partial charge in [0.1, 0.15) is 5.75 Å². The lowest BCUT2D eigenvalue weighted by Gasteiger charge is -2.20. The van der Waals surface area contributed by atoms with E-state index in [2.05, 4.69) is 4.40 Å². The number of carbonyl (C=O) groups is 1. The normalized spacial score (nSPS) is 14.2. The topological polar surface area (TPSA) is 102 Å². The second kappa shape index (κ2) is 9.87. The number of benzene rings is 2. The number of aliphatic hydroxyl groups is 1. The molecule has 0 aliphatic carbocycles. The van der Waals surface area contributed by atoms with E-state index in [4.69, 9.17) is 21.1 Å². The molecule has 0 amide bonds. The molecule has 2 atom stereocenters. The van der Waals surface area contributed by atoms with Crippen molar-refractivity contribution in [3.05, 3.63) is 59.1 Å². The first kappa shape index (κ1) is 22.9. The SMILES string of the molecule is CCOC(=O)[C@@H](O)[C@@H](C)/C(=N/S(=O)(=O)c1ccc(OC)cc1)c1ccc(Cl)cc1. The van der Waals surface area contributed by atoms with Crippen LogP contribution in [0.2, 0.25) is 5.02 Å². The number of aliphatic hydroxyl groups excluding tert-OH is 1. The summed E-state index contributed by atoms with van der Waals surface area (Å²) in [5.74, 6) is -1.32. The van der Waals surface area contributed by atoms with Gasteiger partial charge in [-0.15, -0.1) is 0 Å². The zero-order valence-electron chi connectivity index (χ0n) is 16.2. The number of halogens is 1. The number of carbonyl (C=O) groups excluding carboxylic acids is 1. The van der Waals surface area contributed by atoms with Gasteiger partial charge >= 0.3 is 5.97 Å². The first-order valence-corrected chi connectivity index (χ1v) is 10.6. The summed E-state index contributed by atoms with van der Waals surface area (Å²) in [6, 6.07) is 12.0. The zero-order chi connectivity index (χ0) is 21.6. The highest BCUT2D eigenvalue weighted by Crippen LogP contribution is 2.22. The minimum atomic E-state index is -4.12. The van der Waals surface area contributed by atoms with Crippen LogP contribution in [0.5, 0.6) is 5.75 Å². The second-order valence-corrected chi connectivity index (χ2v) is 8.16. The molecule has 0 fully saturated rings. The molecule has 0 unspecified atom stereocenters. The van der Waals surface area contributed by atoms with Crippen LogP contribution in [0.4, 0.5) is 0 Å². The molecule has 9 heteroatoms. The number of hydrogen-bond acceptors (Lipinski definition) is 6. The maximum absolute atomic E-state index is 12.9. The third kappa shape index (κ3) is 5.79. The van der Waals surface area contributed by atoms with Gasteiger partial charge in [-0.2, -0.15) is 12.8 Å². The summed E-state index contributed by atoms with van der Waals surface area (Å²) in [5.41, 5.74) is 0.417. The summed E-state index contributed by atoms with van der Waals surface area (Å²) in [6.45, 7) is 3.19. The molecule has 0 saturated heterocycles. The molecule has 2 rings (SSSR count). The van der Waals surface area contributed by atoms with E-state index < -0.39 is 28.0 Å². The zero-order valence-corrected chi connectivity index (χ0v) is 17.8. The van der Waals surface area contributed by atoms with E-state index in [9.17, 15) is 18.3 Å². The van der Waals surface area contributed by atoms with E-state index in [-0.39, 0.29) is 17.2 Å². The molecule has 7 nitrogen and oxygen atoms in total. The molecular formula is C20H22ClNO6S. The van der Waals surface area contributed by atoms with Crippen LogP contribution in [-0.4, -0.2) is 45.0 Å². The Morgan fingerprint density at radius 1 is 1.14 bits per heavy atom. The van der Waals surface area contributed by atoms with Crippen molar-refractivity contribution in [1.29, 1.82) is 0 Å². The average Bonchev–Trinajstić information content (AvgIpc) is 2.72. The fourth-order valence-corrected chi connectivity index (χ4v) is 3.77. The van der Waals surface area contributed by atoms with Crippen LogP contribution < -0.4 is 4.74 Å². The Hall–Kier alpha value is -2.42. The fourth-order valence-electron chi connectivity index (χ4n) is 2.53. The summed E-state index contributed by atoms with van der Waals surface area (Å²) < 4.78 is 39.5. The number of methoxy groups -OCH3 is 1.